The van der Waals surface area contributed by atoms with Gasteiger partial charge in [0.1, 0.15) is 0 Å². The minimum absolute atomic E-state index is 0. The molecule has 7 heteroatoms. The molecule has 0 bridgehead atoms. The number of carbonyl (C=O) groups is 2. The van der Waals surface area contributed by atoms with Gasteiger partial charge in [0.15, 0.2) is 0 Å². The lowest BCUT2D eigenvalue weighted by molar-refractivity contribution is -0.120. The number of benzene rings is 1. The van der Waals surface area contributed by atoms with Gasteiger partial charge in [-0.25, -0.2) is 0 Å². The highest BCUT2D eigenvalue weighted by molar-refractivity contribution is 6.34. The van der Waals surface area contributed by atoms with E-state index in [1.165, 1.54) is 0 Å². The molecule has 0 unspecified atom stereocenters. The predicted molar refractivity (Wildman–Crippen MR) is 105 cm³/mol. The highest BCUT2D eigenvalue weighted by atomic mass is 35.5. The molecule has 1 fully saturated rings. The quantitative estimate of drug-likeness (QED) is 0.724. The van der Waals surface area contributed by atoms with E-state index >= 15 is 0 Å². The summed E-state index contributed by atoms with van der Waals surface area (Å²) in [6.45, 7) is 7.60. The zero-order valence-electron chi connectivity index (χ0n) is 14.9. The van der Waals surface area contributed by atoms with Crippen LogP contribution in [0.3, 0.4) is 0 Å². The van der Waals surface area contributed by atoms with E-state index in [1.807, 2.05) is 13.8 Å². The number of piperidine rings is 1. The average molecular weight is 388 g/mol. The zero-order valence-corrected chi connectivity index (χ0v) is 16.5. The summed E-state index contributed by atoms with van der Waals surface area (Å²) in [7, 11) is 0. The van der Waals surface area contributed by atoms with Crippen molar-refractivity contribution in [2.24, 2.45) is 11.8 Å². The lowest BCUT2D eigenvalue weighted by atomic mass is 9.92. The minimum atomic E-state index is -0.196. The molecule has 1 aromatic rings. The van der Waals surface area contributed by atoms with Gasteiger partial charge in [0.25, 0.3) is 5.91 Å². The topological polar surface area (TPSA) is 70.2 Å². The number of anilines is 1. The maximum Gasteiger partial charge on any atom is 0.252 e. The highest BCUT2D eigenvalue weighted by Gasteiger charge is 2.24. The van der Waals surface area contributed by atoms with Gasteiger partial charge in [-0.1, -0.05) is 25.4 Å². The van der Waals surface area contributed by atoms with Gasteiger partial charge in [0.2, 0.25) is 5.91 Å². The van der Waals surface area contributed by atoms with Gasteiger partial charge in [-0.2, -0.15) is 0 Å². The van der Waals surface area contributed by atoms with E-state index in [9.17, 15) is 9.59 Å². The van der Waals surface area contributed by atoms with Gasteiger partial charge in [0.05, 0.1) is 10.6 Å². The van der Waals surface area contributed by atoms with Crippen LogP contribution in [0.15, 0.2) is 18.2 Å². The number of halogens is 2. The minimum Gasteiger partial charge on any atom is -0.352 e. The average Bonchev–Trinajstić information content (AvgIpc) is 2.52. The molecule has 1 aliphatic heterocycles. The Kier molecular flexibility index (Phi) is 8.69. The van der Waals surface area contributed by atoms with E-state index < -0.39 is 0 Å². The summed E-state index contributed by atoms with van der Waals surface area (Å²) in [5, 5.41) is 9.42. The van der Waals surface area contributed by atoms with E-state index in [2.05, 4.69) is 22.9 Å². The van der Waals surface area contributed by atoms with Crippen molar-refractivity contribution >= 4 is 41.5 Å². The Labute approximate surface area is 160 Å². The van der Waals surface area contributed by atoms with Crippen LogP contribution in [-0.4, -0.2) is 30.9 Å². The van der Waals surface area contributed by atoms with Gasteiger partial charge < -0.3 is 16.0 Å². The maximum absolute atomic E-state index is 12.4. The lowest BCUT2D eigenvalue weighted by Crippen LogP contribution is -2.40. The Morgan fingerprint density at radius 2 is 2.08 bits per heavy atom. The Morgan fingerprint density at radius 1 is 1.36 bits per heavy atom. The van der Waals surface area contributed by atoms with Gasteiger partial charge in [-0.3, -0.25) is 9.59 Å². The Hall–Kier alpha value is -1.30. The molecule has 25 heavy (non-hydrogen) atoms. The number of carbonyl (C=O) groups excluding carboxylic acids is 2. The molecule has 2 amide bonds. The number of amides is 2. The first-order valence-electron chi connectivity index (χ1n) is 8.48. The molecule has 0 aliphatic carbocycles. The van der Waals surface area contributed by atoms with Crippen molar-refractivity contribution < 1.29 is 9.59 Å². The predicted octanol–water partition coefficient (Wildman–Crippen LogP) is 3.47. The molecule has 0 aromatic heterocycles. The van der Waals surface area contributed by atoms with Gasteiger partial charge in [0, 0.05) is 24.2 Å². The molecule has 0 spiro atoms. The number of hydrogen-bond acceptors (Lipinski definition) is 3. The van der Waals surface area contributed by atoms with Crippen LogP contribution in [0.4, 0.5) is 5.69 Å². The molecule has 1 heterocycles. The molecule has 3 N–H and O–H groups in total. The summed E-state index contributed by atoms with van der Waals surface area (Å²) < 4.78 is 0. The van der Waals surface area contributed by atoms with Gasteiger partial charge >= 0.3 is 0 Å². The van der Waals surface area contributed by atoms with Crippen LogP contribution in [0.1, 0.15) is 44.0 Å². The summed E-state index contributed by atoms with van der Waals surface area (Å²) in [6.07, 6.45) is 1.66. The third kappa shape index (κ3) is 6.49. The normalized spacial score (nSPS) is 19.9. The van der Waals surface area contributed by atoms with Crippen molar-refractivity contribution in [1.82, 2.24) is 10.6 Å². The van der Waals surface area contributed by atoms with Crippen molar-refractivity contribution in [3.05, 3.63) is 28.8 Å². The first-order valence-corrected chi connectivity index (χ1v) is 8.86. The van der Waals surface area contributed by atoms with Crippen LogP contribution in [0.25, 0.3) is 0 Å². The summed E-state index contributed by atoms with van der Waals surface area (Å²) in [6, 6.07) is 5.36. The van der Waals surface area contributed by atoms with E-state index in [-0.39, 0.29) is 30.1 Å². The zero-order chi connectivity index (χ0) is 17.7. The fraction of sp³-hybridized carbons (Fsp3) is 0.556. The van der Waals surface area contributed by atoms with Crippen LogP contribution < -0.4 is 16.0 Å². The molecule has 0 radical (unpaired) electrons. The van der Waals surface area contributed by atoms with Gasteiger partial charge in [-0.05, 0) is 50.4 Å². The second kappa shape index (κ2) is 10.00. The van der Waals surface area contributed by atoms with Crippen LogP contribution in [0.5, 0.6) is 0 Å². The Balaban J connectivity index is 0.00000312. The molecule has 1 aromatic carbocycles. The third-order valence-electron chi connectivity index (χ3n) is 4.15. The van der Waals surface area contributed by atoms with Crippen molar-refractivity contribution in [2.75, 3.05) is 18.4 Å². The highest BCUT2D eigenvalue weighted by Crippen LogP contribution is 2.23. The number of nitrogens with one attached hydrogen (secondary N) is 3. The molecule has 140 valence electrons. The molecule has 1 aliphatic rings. The summed E-state index contributed by atoms with van der Waals surface area (Å²) in [4.78, 5) is 24.5. The number of rotatable bonds is 5. The SMILES string of the molecule is CC(C)CNC(=O)c1ccc(NC(=O)[C@H]2CCN[C@@H](C)C2)cc1Cl.Cl. The van der Waals surface area contributed by atoms with Crippen molar-refractivity contribution in [1.29, 1.82) is 0 Å². The third-order valence-corrected chi connectivity index (χ3v) is 4.46. The van der Waals surface area contributed by atoms with Gasteiger partial charge in [-0.15, -0.1) is 12.4 Å². The molecule has 0 saturated carbocycles. The van der Waals surface area contributed by atoms with E-state index in [0.717, 1.165) is 19.4 Å². The fourth-order valence-corrected chi connectivity index (χ4v) is 3.05. The molecule has 2 rings (SSSR count). The largest absolute Gasteiger partial charge is 0.352 e. The first-order chi connectivity index (χ1) is 11.4. The van der Waals surface area contributed by atoms with Crippen LogP contribution in [-0.2, 0) is 4.79 Å². The van der Waals surface area contributed by atoms with Crippen LogP contribution in [0, 0.1) is 11.8 Å². The molecule has 5 nitrogen and oxygen atoms in total. The Morgan fingerprint density at radius 3 is 2.68 bits per heavy atom. The van der Waals surface area contributed by atoms with Crippen molar-refractivity contribution in [3.63, 3.8) is 0 Å². The monoisotopic (exact) mass is 387 g/mol. The second-order valence-corrected chi connectivity index (χ2v) is 7.27. The fourth-order valence-electron chi connectivity index (χ4n) is 2.78. The van der Waals surface area contributed by atoms with Crippen LogP contribution in [0.2, 0.25) is 5.02 Å². The summed E-state index contributed by atoms with van der Waals surface area (Å²) >= 11 is 6.21. The summed E-state index contributed by atoms with van der Waals surface area (Å²) in [5.74, 6) is 0.197. The van der Waals surface area contributed by atoms with E-state index in [1.54, 1.807) is 18.2 Å². The van der Waals surface area contributed by atoms with E-state index in [4.69, 9.17) is 11.6 Å². The van der Waals surface area contributed by atoms with Crippen LogP contribution >= 0.6 is 24.0 Å². The van der Waals surface area contributed by atoms with E-state index in [0.29, 0.717) is 34.8 Å². The van der Waals surface area contributed by atoms with Crippen molar-refractivity contribution in [2.45, 2.75) is 39.7 Å². The maximum atomic E-state index is 12.4. The molecule has 1 saturated heterocycles. The Bertz CT molecular complexity index is 608. The summed E-state index contributed by atoms with van der Waals surface area (Å²) in [5.41, 5.74) is 1.04. The molecular weight excluding hydrogens is 361 g/mol. The first kappa shape index (κ1) is 21.7. The molecular formula is C18H27Cl2N3O2. The van der Waals surface area contributed by atoms with Crippen molar-refractivity contribution in [3.8, 4) is 0 Å². The lowest BCUT2D eigenvalue weighted by Gasteiger charge is -2.27. The second-order valence-electron chi connectivity index (χ2n) is 6.86. The number of hydrogen-bond donors (Lipinski definition) is 3. The molecule has 2 atom stereocenters. The smallest absolute Gasteiger partial charge is 0.252 e. The standard InChI is InChI=1S/C18H26ClN3O2.ClH/c1-11(2)10-21-18(24)15-5-4-14(9-16(15)19)22-17(23)13-6-7-20-12(3)8-13;/h4-5,9,11-13,20H,6-8,10H2,1-3H3,(H,21,24)(H,22,23);1H/t12-,13-;/m0./s1.